The first-order valence-electron chi connectivity index (χ1n) is 9.35. The SMILES string of the molecule is C=C(C)C(=O)OC1=C(c2nc(-c3ccc(Cl)c(Cl)c3)sc2C)C(=O)[C@@H]2CC[C@H]1C2. The Bertz CT molecular complexity index is 1090. The van der Waals surface area contributed by atoms with E-state index in [1.807, 2.05) is 13.0 Å². The molecular weight excluding hydrogens is 429 g/mol. The molecule has 0 unspecified atom stereocenters. The summed E-state index contributed by atoms with van der Waals surface area (Å²) in [6.07, 6.45) is 2.37. The van der Waals surface area contributed by atoms with Crippen LogP contribution in [0.5, 0.6) is 0 Å². The predicted molar refractivity (Wildman–Crippen MR) is 116 cm³/mol. The highest BCUT2D eigenvalue weighted by Gasteiger charge is 2.44. The number of benzene rings is 1. The Morgan fingerprint density at radius 3 is 2.66 bits per heavy atom. The summed E-state index contributed by atoms with van der Waals surface area (Å²) in [7, 11) is 0. The molecule has 2 aromatic rings. The number of ketones is 1. The second-order valence-corrected chi connectivity index (χ2v) is 9.55. The monoisotopic (exact) mass is 447 g/mol. The van der Waals surface area contributed by atoms with Crippen molar-refractivity contribution in [1.82, 2.24) is 4.98 Å². The number of ether oxygens (including phenoxy) is 1. The molecular formula is C22H19Cl2NO3S. The van der Waals surface area contributed by atoms with Crippen LogP contribution in [0.3, 0.4) is 0 Å². The summed E-state index contributed by atoms with van der Waals surface area (Å²) < 4.78 is 5.67. The summed E-state index contributed by atoms with van der Waals surface area (Å²) in [6, 6.07) is 5.33. The van der Waals surface area contributed by atoms with Gasteiger partial charge in [-0.2, -0.15) is 0 Å². The minimum absolute atomic E-state index is 0.0114. The summed E-state index contributed by atoms with van der Waals surface area (Å²) in [5, 5.41) is 1.65. The molecule has 0 aliphatic heterocycles. The number of fused-ring (bicyclic) bond motifs is 2. The van der Waals surface area contributed by atoms with Crippen molar-refractivity contribution in [2.75, 3.05) is 0 Å². The molecule has 1 aromatic heterocycles. The zero-order chi connectivity index (χ0) is 20.9. The zero-order valence-electron chi connectivity index (χ0n) is 16.1. The predicted octanol–water partition coefficient (Wildman–Crippen LogP) is 6.25. The largest absolute Gasteiger partial charge is 0.427 e. The maximum Gasteiger partial charge on any atom is 0.338 e. The van der Waals surface area contributed by atoms with E-state index in [1.165, 1.54) is 11.3 Å². The number of carbonyl (C=O) groups is 2. The molecule has 0 spiro atoms. The number of hydrogen-bond donors (Lipinski definition) is 0. The van der Waals surface area contributed by atoms with Crippen molar-refractivity contribution in [2.24, 2.45) is 11.8 Å². The molecule has 2 aliphatic rings. The van der Waals surface area contributed by atoms with Crippen LogP contribution in [-0.4, -0.2) is 16.7 Å². The number of aromatic nitrogens is 1. The number of aryl methyl sites for hydroxylation is 1. The van der Waals surface area contributed by atoms with Crippen molar-refractivity contribution in [2.45, 2.75) is 33.1 Å². The van der Waals surface area contributed by atoms with Crippen LogP contribution in [0.2, 0.25) is 10.0 Å². The molecule has 150 valence electrons. The summed E-state index contributed by atoms with van der Waals surface area (Å²) in [4.78, 5) is 31.1. The lowest BCUT2D eigenvalue weighted by Gasteiger charge is -2.24. The summed E-state index contributed by atoms with van der Waals surface area (Å²) in [5.74, 6) is -0.0150. The van der Waals surface area contributed by atoms with Gasteiger partial charge >= 0.3 is 5.97 Å². The third-order valence-electron chi connectivity index (χ3n) is 5.42. The van der Waals surface area contributed by atoms with E-state index in [1.54, 1.807) is 19.1 Å². The first-order valence-corrected chi connectivity index (χ1v) is 10.9. The van der Waals surface area contributed by atoms with Crippen LogP contribution in [0.4, 0.5) is 0 Å². The van der Waals surface area contributed by atoms with E-state index >= 15 is 0 Å². The van der Waals surface area contributed by atoms with Crippen molar-refractivity contribution in [3.05, 3.63) is 56.7 Å². The molecule has 7 heteroatoms. The van der Waals surface area contributed by atoms with Gasteiger partial charge in [-0.3, -0.25) is 4.79 Å². The Balaban J connectivity index is 1.82. The molecule has 1 heterocycles. The van der Waals surface area contributed by atoms with Gasteiger partial charge in [0.05, 0.1) is 21.3 Å². The van der Waals surface area contributed by atoms with Gasteiger partial charge in [0.2, 0.25) is 0 Å². The van der Waals surface area contributed by atoms with Gasteiger partial charge in [-0.1, -0.05) is 35.8 Å². The molecule has 4 rings (SSSR count). The van der Waals surface area contributed by atoms with Crippen LogP contribution in [0.15, 0.2) is 36.1 Å². The van der Waals surface area contributed by atoms with Crippen LogP contribution in [-0.2, 0) is 14.3 Å². The Hall–Kier alpha value is -1.95. The molecule has 2 aliphatic carbocycles. The number of hydrogen-bond acceptors (Lipinski definition) is 5. The van der Waals surface area contributed by atoms with Gasteiger partial charge in [-0.05, 0) is 45.2 Å². The van der Waals surface area contributed by atoms with E-state index in [4.69, 9.17) is 32.9 Å². The van der Waals surface area contributed by atoms with E-state index in [0.29, 0.717) is 32.6 Å². The van der Waals surface area contributed by atoms with E-state index in [-0.39, 0.29) is 17.6 Å². The van der Waals surface area contributed by atoms with E-state index in [2.05, 4.69) is 6.58 Å². The molecule has 29 heavy (non-hydrogen) atoms. The number of carbonyl (C=O) groups excluding carboxylic acids is 2. The lowest BCUT2D eigenvalue weighted by molar-refractivity contribution is -0.135. The normalized spacial score (nSPS) is 20.9. The maximum absolute atomic E-state index is 13.2. The van der Waals surface area contributed by atoms with Gasteiger partial charge in [0.15, 0.2) is 5.78 Å². The highest BCUT2D eigenvalue weighted by atomic mass is 35.5. The molecule has 0 saturated heterocycles. The van der Waals surface area contributed by atoms with Gasteiger partial charge in [-0.15, -0.1) is 11.3 Å². The molecule has 4 nitrogen and oxygen atoms in total. The average molecular weight is 448 g/mol. The molecule has 2 bridgehead atoms. The molecule has 1 fully saturated rings. The Morgan fingerprint density at radius 2 is 1.97 bits per heavy atom. The summed E-state index contributed by atoms with van der Waals surface area (Å²) in [6.45, 7) is 7.17. The van der Waals surface area contributed by atoms with E-state index in [9.17, 15) is 9.59 Å². The van der Waals surface area contributed by atoms with Crippen molar-refractivity contribution < 1.29 is 14.3 Å². The lowest BCUT2D eigenvalue weighted by atomic mass is 9.85. The number of Topliss-reactive ketones (excluding diaryl/α,β-unsaturated/α-hetero) is 1. The minimum atomic E-state index is -0.506. The standard InChI is InChI=1S/C22H19Cl2NO3S/c1-10(2)22(27)28-20-13-5-4-12(8-13)19(26)17(20)18-11(3)29-21(25-18)14-6-7-15(23)16(24)9-14/h6-7,9,12-13H,1,4-5,8H2,2-3H3/t12-,13+/m1/s1. The topological polar surface area (TPSA) is 56.3 Å². The van der Waals surface area contributed by atoms with E-state index in [0.717, 1.165) is 34.7 Å². The first kappa shape index (κ1) is 20.3. The smallest absolute Gasteiger partial charge is 0.338 e. The maximum atomic E-state index is 13.2. The van der Waals surface area contributed by atoms with Crippen LogP contribution in [0.25, 0.3) is 16.1 Å². The number of rotatable bonds is 4. The van der Waals surface area contributed by atoms with Crippen molar-refractivity contribution >= 4 is 51.9 Å². The number of thiazole rings is 1. The summed E-state index contributed by atoms with van der Waals surface area (Å²) in [5.41, 5.74) is 2.16. The Morgan fingerprint density at radius 1 is 1.24 bits per heavy atom. The Labute approximate surface area is 183 Å². The quantitative estimate of drug-likeness (QED) is 0.410. The molecule has 1 aromatic carbocycles. The zero-order valence-corrected chi connectivity index (χ0v) is 18.4. The van der Waals surface area contributed by atoms with Gasteiger partial charge < -0.3 is 4.74 Å². The minimum Gasteiger partial charge on any atom is -0.427 e. The number of esters is 1. The second kappa shape index (κ2) is 7.71. The van der Waals surface area contributed by atoms with Crippen LogP contribution >= 0.6 is 34.5 Å². The molecule has 2 atom stereocenters. The third-order valence-corrected chi connectivity index (χ3v) is 7.18. The number of nitrogens with zero attached hydrogens (tertiary/aromatic N) is 1. The average Bonchev–Trinajstić information content (AvgIpc) is 3.28. The lowest BCUT2D eigenvalue weighted by Crippen LogP contribution is -2.24. The van der Waals surface area contributed by atoms with Crippen LogP contribution in [0, 0.1) is 18.8 Å². The number of allylic oxidation sites excluding steroid dienone is 2. The van der Waals surface area contributed by atoms with Crippen molar-refractivity contribution in [1.29, 1.82) is 0 Å². The fourth-order valence-corrected chi connectivity index (χ4v) is 5.14. The van der Waals surface area contributed by atoms with E-state index < -0.39 is 5.97 Å². The van der Waals surface area contributed by atoms with Crippen molar-refractivity contribution in [3.8, 4) is 10.6 Å². The summed E-state index contributed by atoms with van der Waals surface area (Å²) >= 11 is 13.6. The van der Waals surface area contributed by atoms with Gasteiger partial charge in [0.25, 0.3) is 0 Å². The van der Waals surface area contributed by atoms with Crippen LogP contribution in [0.1, 0.15) is 36.8 Å². The first-order chi connectivity index (χ1) is 13.8. The molecule has 0 amide bonds. The van der Waals surface area contributed by atoms with Gasteiger partial charge in [-0.25, -0.2) is 9.78 Å². The fraction of sp³-hybridized carbons (Fsp3) is 0.318. The van der Waals surface area contributed by atoms with Gasteiger partial charge in [0.1, 0.15) is 10.8 Å². The second-order valence-electron chi connectivity index (χ2n) is 7.53. The Kier molecular flexibility index (Phi) is 5.40. The van der Waals surface area contributed by atoms with Gasteiger partial charge in [0, 0.05) is 27.8 Å². The molecule has 1 saturated carbocycles. The fourth-order valence-electron chi connectivity index (χ4n) is 3.92. The molecule has 0 N–H and O–H groups in total. The van der Waals surface area contributed by atoms with Crippen molar-refractivity contribution in [3.63, 3.8) is 0 Å². The van der Waals surface area contributed by atoms with Crippen LogP contribution < -0.4 is 0 Å². The highest BCUT2D eigenvalue weighted by Crippen LogP contribution is 2.48. The number of halogens is 2. The highest BCUT2D eigenvalue weighted by molar-refractivity contribution is 7.15. The third kappa shape index (κ3) is 3.67. The molecule has 0 radical (unpaired) electrons.